The molecule has 1 unspecified atom stereocenters. The van der Waals surface area contributed by atoms with Gasteiger partial charge >= 0.3 is 0 Å². The van der Waals surface area contributed by atoms with E-state index in [1.165, 1.54) is 6.92 Å². The molecule has 0 spiro atoms. The fourth-order valence-corrected chi connectivity index (χ4v) is 3.09. The highest BCUT2D eigenvalue weighted by Crippen LogP contribution is 2.28. The first-order valence-electron chi connectivity index (χ1n) is 6.90. The number of benzene rings is 1. The van der Waals surface area contributed by atoms with Crippen molar-refractivity contribution in [2.45, 2.75) is 38.6 Å². The Balaban J connectivity index is 2.07. The number of anilines is 1. The number of amides is 2. The van der Waals surface area contributed by atoms with Gasteiger partial charge in [0, 0.05) is 17.1 Å². The van der Waals surface area contributed by atoms with Gasteiger partial charge in [-0.3, -0.25) is 9.59 Å². The fraction of sp³-hybridized carbons (Fsp3) is 0.467. The van der Waals surface area contributed by atoms with Crippen LogP contribution in [0.2, 0.25) is 0 Å². The minimum atomic E-state index is -0.436. The van der Waals surface area contributed by atoms with Crippen LogP contribution in [0, 0.1) is 5.92 Å². The SMILES string of the molecule is CC(=O)NC(C(=O)Nc1cccc(Br)c1)C1CCCC1. The summed E-state index contributed by atoms with van der Waals surface area (Å²) in [6, 6.07) is 7.01. The average molecular weight is 339 g/mol. The molecule has 0 aliphatic heterocycles. The van der Waals surface area contributed by atoms with Crippen LogP contribution in [-0.2, 0) is 9.59 Å². The summed E-state index contributed by atoms with van der Waals surface area (Å²) >= 11 is 3.37. The summed E-state index contributed by atoms with van der Waals surface area (Å²) in [6.45, 7) is 1.45. The Hall–Kier alpha value is -1.36. The molecule has 1 saturated carbocycles. The minimum Gasteiger partial charge on any atom is -0.344 e. The van der Waals surface area contributed by atoms with E-state index in [9.17, 15) is 9.59 Å². The molecule has 1 aromatic carbocycles. The van der Waals surface area contributed by atoms with E-state index in [1.807, 2.05) is 24.3 Å². The standard InChI is InChI=1S/C15H19BrN2O2/c1-10(19)17-14(11-5-2-3-6-11)15(20)18-13-8-4-7-12(16)9-13/h4,7-9,11,14H,2-3,5-6H2,1H3,(H,17,19)(H,18,20). The van der Waals surface area contributed by atoms with E-state index in [2.05, 4.69) is 26.6 Å². The molecule has 0 aromatic heterocycles. The average Bonchev–Trinajstić information content (AvgIpc) is 2.89. The summed E-state index contributed by atoms with van der Waals surface area (Å²) < 4.78 is 0.909. The Morgan fingerprint density at radius 2 is 2.00 bits per heavy atom. The van der Waals surface area contributed by atoms with Gasteiger partial charge in [-0.2, -0.15) is 0 Å². The predicted molar refractivity (Wildman–Crippen MR) is 82.3 cm³/mol. The van der Waals surface area contributed by atoms with Gasteiger partial charge in [0.1, 0.15) is 6.04 Å². The number of halogens is 1. The second kappa shape index (κ2) is 6.88. The first-order chi connectivity index (χ1) is 9.56. The molecule has 0 saturated heterocycles. The Labute approximate surface area is 127 Å². The van der Waals surface area contributed by atoms with Crippen molar-refractivity contribution >= 4 is 33.4 Å². The van der Waals surface area contributed by atoms with Crippen molar-refractivity contribution in [1.82, 2.24) is 5.32 Å². The van der Waals surface area contributed by atoms with Gasteiger partial charge in [0.25, 0.3) is 0 Å². The van der Waals surface area contributed by atoms with E-state index in [1.54, 1.807) is 0 Å². The van der Waals surface area contributed by atoms with Crippen LogP contribution in [-0.4, -0.2) is 17.9 Å². The summed E-state index contributed by atoms with van der Waals surface area (Å²) in [4.78, 5) is 23.7. The Morgan fingerprint density at radius 1 is 1.30 bits per heavy atom. The highest BCUT2D eigenvalue weighted by Gasteiger charge is 2.31. The van der Waals surface area contributed by atoms with Crippen LogP contribution in [0.5, 0.6) is 0 Å². The number of nitrogens with one attached hydrogen (secondary N) is 2. The van der Waals surface area contributed by atoms with Crippen molar-refractivity contribution in [3.05, 3.63) is 28.7 Å². The maximum Gasteiger partial charge on any atom is 0.247 e. The number of carbonyl (C=O) groups excluding carboxylic acids is 2. The quantitative estimate of drug-likeness (QED) is 0.886. The lowest BCUT2D eigenvalue weighted by atomic mass is 9.97. The monoisotopic (exact) mass is 338 g/mol. The van der Waals surface area contributed by atoms with E-state index in [0.29, 0.717) is 0 Å². The highest BCUT2D eigenvalue weighted by atomic mass is 79.9. The van der Waals surface area contributed by atoms with Crippen LogP contribution in [0.25, 0.3) is 0 Å². The third kappa shape index (κ3) is 4.07. The van der Waals surface area contributed by atoms with Gasteiger partial charge < -0.3 is 10.6 Å². The maximum atomic E-state index is 12.4. The Kier molecular flexibility index (Phi) is 5.17. The molecular weight excluding hydrogens is 320 g/mol. The molecule has 0 radical (unpaired) electrons. The smallest absolute Gasteiger partial charge is 0.247 e. The molecule has 1 fully saturated rings. The van der Waals surface area contributed by atoms with Crippen LogP contribution in [0.4, 0.5) is 5.69 Å². The normalized spacial score (nSPS) is 16.7. The van der Waals surface area contributed by atoms with Crippen molar-refractivity contribution in [3.63, 3.8) is 0 Å². The molecule has 2 N–H and O–H groups in total. The molecule has 1 atom stereocenters. The van der Waals surface area contributed by atoms with Crippen molar-refractivity contribution in [2.75, 3.05) is 5.32 Å². The lowest BCUT2D eigenvalue weighted by molar-refractivity contribution is -0.126. The van der Waals surface area contributed by atoms with E-state index in [-0.39, 0.29) is 17.7 Å². The van der Waals surface area contributed by atoms with Crippen molar-refractivity contribution < 1.29 is 9.59 Å². The third-order valence-corrected chi connectivity index (χ3v) is 4.10. The lowest BCUT2D eigenvalue weighted by Crippen LogP contribution is -2.47. The first-order valence-corrected chi connectivity index (χ1v) is 7.69. The molecular formula is C15H19BrN2O2. The van der Waals surface area contributed by atoms with E-state index < -0.39 is 6.04 Å². The van der Waals surface area contributed by atoms with Crippen molar-refractivity contribution in [1.29, 1.82) is 0 Å². The van der Waals surface area contributed by atoms with Crippen molar-refractivity contribution in [3.8, 4) is 0 Å². The summed E-state index contributed by atoms with van der Waals surface area (Å²) in [5.41, 5.74) is 0.734. The summed E-state index contributed by atoms with van der Waals surface area (Å²) in [5.74, 6) is -0.0532. The zero-order valence-electron chi connectivity index (χ0n) is 11.5. The maximum absolute atomic E-state index is 12.4. The van der Waals surface area contributed by atoms with Gasteiger partial charge in [0.05, 0.1) is 0 Å². The van der Waals surface area contributed by atoms with Crippen molar-refractivity contribution in [2.24, 2.45) is 5.92 Å². The number of carbonyl (C=O) groups is 2. The van der Waals surface area contributed by atoms with Gasteiger partial charge in [-0.15, -0.1) is 0 Å². The first kappa shape index (κ1) is 15.0. The highest BCUT2D eigenvalue weighted by molar-refractivity contribution is 9.10. The minimum absolute atomic E-state index is 0.134. The van der Waals surface area contributed by atoms with Gasteiger partial charge in [-0.25, -0.2) is 0 Å². The second-order valence-electron chi connectivity index (χ2n) is 5.22. The van der Waals surface area contributed by atoms with Gasteiger partial charge in [0.2, 0.25) is 11.8 Å². The molecule has 0 heterocycles. The van der Waals surface area contributed by atoms with E-state index in [4.69, 9.17) is 0 Å². The molecule has 108 valence electrons. The molecule has 2 amide bonds. The number of rotatable bonds is 4. The summed E-state index contributed by atoms with van der Waals surface area (Å²) in [6.07, 6.45) is 4.25. The zero-order valence-corrected chi connectivity index (χ0v) is 13.1. The fourth-order valence-electron chi connectivity index (χ4n) is 2.69. The molecule has 1 aromatic rings. The van der Waals surface area contributed by atoms with Crippen LogP contribution in [0.15, 0.2) is 28.7 Å². The lowest BCUT2D eigenvalue weighted by Gasteiger charge is -2.23. The largest absolute Gasteiger partial charge is 0.344 e. The van der Waals surface area contributed by atoms with Crippen LogP contribution in [0.1, 0.15) is 32.6 Å². The van der Waals surface area contributed by atoms with Crippen LogP contribution >= 0.6 is 15.9 Å². The van der Waals surface area contributed by atoms with Gasteiger partial charge in [-0.1, -0.05) is 34.8 Å². The van der Waals surface area contributed by atoms with E-state index >= 15 is 0 Å². The molecule has 4 nitrogen and oxygen atoms in total. The van der Waals surface area contributed by atoms with E-state index in [0.717, 1.165) is 35.8 Å². The zero-order chi connectivity index (χ0) is 14.5. The summed E-state index contributed by atoms with van der Waals surface area (Å²) in [7, 11) is 0. The number of hydrogen-bond donors (Lipinski definition) is 2. The summed E-state index contributed by atoms with van der Waals surface area (Å²) in [5, 5.41) is 5.68. The molecule has 1 aliphatic carbocycles. The Morgan fingerprint density at radius 3 is 2.60 bits per heavy atom. The van der Waals surface area contributed by atoms with Gasteiger partial charge in [-0.05, 0) is 37.0 Å². The molecule has 2 rings (SSSR count). The molecule has 1 aliphatic rings. The van der Waals surface area contributed by atoms with Crippen LogP contribution in [0.3, 0.4) is 0 Å². The molecule has 20 heavy (non-hydrogen) atoms. The topological polar surface area (TPSA) is 58.2 Å². The van der Waals surface area contributed by atoms with Gasteiger partial charge in [0.15, 0.2) is 0 Å². The third-order valence-electron chi connectivity index (χ3n) is 3.60. The Bertz CT molecular complexity index is 498. The number of hydrogen-bond acceptors (Lipinski definition) is 2. The second-order valence-corrected chi connectivity index (χ2v) is 6.14. The predicted octanol–water partition coefficient (Wildman–Crippen LogP) is 3.08. The van der Waals surface area contributed by atoms with Crippen LogP contribution < -0.4 is 10.6 Å². The molecule has 5 heteroatoms. The molecule has 0 bridgehead atoms.